The van der Waals surface area contributed by atoms with E-state index in [1.165, 1.54) is 12.8 Å². The molecule has 0 aliphatic heterocycles. The largest absolute Gasteiger partial charge is 0.313 e. The van der Waals surface area contributed by atoms with Crippen molar-refractivity contribution in [3.63, 3.8) is 0 Å². The minimum absolute atomic E-state index is 0.377. The van der Waals surface area contributed by atoms with Crippen molar-refractivity contribution in [2.24, 2.45) is 5.92 Å². The summed E-state index contributed by atoms with van der Waals surface area (Å²) in [5.74, 6) is 1.39. The molecule has 0 aromatic heterocycles. The van der Waals surface area contributed by atoms with Gasteiger partial charge >= 0.3 is 0 Å². The van der Waals surface area contributed by atoms with Crippen LogP contribution in [0.1, 0.15) is 26.2 Å². The number of hydrogen-bond acceptors (Lipinski definition) is 2. The predicted octanol–water partition coefficient (Wildman–Crippen LogP) is 3.23. The van der Waals surface area contributed by atoms with Gasteiger partial charge in [-0.15, -0.1) is 0 Å². The van der Waals surface area contributed by atoms with Gasteiger partial charge in [-0.3, -0.25) is 4.21 Å². The van der Waals surface area contributed by atoms with E-state index in [-0.39, 0.29) is 0 Å². The van der Waals surface area contributed by atoms with Crippen LogP contribution in [0.5, 0.6) is 0 Å². The van der Waals surface area contributed by atoms with Gasteiger partial charge in [-0.1, -0.05) is 30.7 Å². The summed E-state index contributed by atoms with van der Waals surface area (Å²) < 4.78 is 12.4. The third-order valence-electron chi connectivity index (χ3n) is 3.26. The molecular formula is C14H20ClNOS. The normalized spacial score (nSPS) is 18.6. The molecule has 0 heterocycles. The summed E-state index contributed by atoms with van der Waals surface area (Å²) in [6.45, 7) is 3.16. The summed E-state index contributed by atoms with van der Waals surface area (Å²) in [7, 11) is -1.00. The number of benzene rings is 1. The second kappa shape index (κ2) is 6.69. The molecule has 2 rings (SSSR count). The van der Waals surface area contributed by atoms with Crippen LogP contribution in [0.15, 0.2) is 29.2 Å². The van der Waals surface area contributed by atoms with E-state index in [0.717, 1.165) is 17.9 Å². The van der Waals surface area contributed by atoms with E-state index >= 15 is 0 Å². The minimum Gasteiger partial charge on any atom is -0.313 e. The Labute approximate surface area is 117 Å². The maximum atomic E-state index is 12.4. The topological polar surface area (TPSA) is 29.1 Å². The molecule has 1 aliphatic rings. The highest BCUT2D eigenvalue weighted by molar-refractivity contribution is 7.85. The SMILES string of the molecule is CCCNC(CS(=O)c1ccccc1Cl)C1CC1. The Morgan fingerprint density at radius 3 is 2.78 bits per heavy atom. The molecule has 1 aromatic carbocycles. The molecule has 1 aromatic rings. The lowest BCUT2D eigenvalue weighted by Gasteiger charge is -2.17. The van der Waals surface area contributed by atoms with Gasteiger partial charge in [-0.05, 0) is 43.9 Å². The maximum absolute atomic E-state index is 12.4. The lowest BCUT2D eigenvalue weighted by Crippen LogP contribution is -2.36. The Bertz CT molecular complexity index is 420. The molecule has 100 valence electrons. The van der Waals surface area contributed by atoms with E-state index in [2.05, 4.69) is 12.2 Å². The van der Waals surface area contributed by atoms with Gasteiger partial charge < -0.3 is 5.32 Å². The van der Waals surface area contributed by atoms with Gasteiger partial charge in [0, 0.05) is 11.8 Å². The van der Waals surface area contributed by atoms with Gasteiger partial charge in [0.05, 0.1) is 20.7 Å². The summed E-state index contributed by atoms with van der Waals surface area (Å²) in [6.07, 6.45) is 3.64. The van der Waals surface area contributed by atoms with Crippen molar-refractivity contribution in [2.45, 2.75) is 37.1 Å². The quantitative estimate of drug-likeness (QED) is 0.833. The van der Waals surface area contributed by atoms with Crippen molar-refractivity contribution in [1.82, 2.24) is 5.32 Å². The molecule has 0 bridgehead atoms. The molecule has 1 saturated carbocycles. The van der Waals surface area contributed by atoms with Crippen LogP contribution in [0.25, 0.3) is 0 Å². The molecule has 18 heavy (non-hydrogen) atoms. The van der Waals surface area contributed by atoms with E-state index in [9.17, 15) is 4.21 Å². The van der Waals surface area contributed by atoms with Crippen LogP contribution in [0.2, 0.25) is 5.02 Å². The van der Waals surface area contributed by atoms with Crippen LogP contribution in [-0.2, 0) is 10.8 Å². The fraction of sp³-hybridized carbons (Fsp3) is 0.571. The van der Waals surface area contributed by atoms with Crippen molar-refractivity contribution in [2.75, 3.05) is 12.3 Å². The van der Waals surface area contributed by atoms with Crippen molar-refractivity contribution in [1.29, 1.82) is 0 Å². The number of rotatable bonds is 7. The summed E-state index contributed by atoms with van der Waals surface area (Å²) in [6, 6.07) is 7.81. The standard InChI is InChI=1S/C14H20ClNOS/c1-2-9-16-13(11-7-8-11)10-18(17)14-6-4-3-5-12(14)15/h3-6,11,13,16H,2,7-10H2,1H3. The van der Waals surface area contributed by atoms with Gasteiger partial charge in [0.1, 0.15) is 0 Å². The summed E-state index contributed by atoms with van der Waals surface area (Å²) in [4.78, 5) is 0.767. The average molecular weight is 286 g/mol. The van der Waals surface area contributed by atoms with E-state index in [4.69, 9.17) is 11.6 Å². The van der Waals surface area contributed by atoms with Crippen LogP contribution in [0, 0.1) is 5.92 Å². The Balaban J connectivity index is 1.98. The third kappa shape index (κ3) is 3.81. The van der Waals surface area contributed by atoms with Gasteiger partial charge in [-0.2, -0.15) is 0 Å². The Kier molecular flexibility index (Phi) is 5.22. The second-order valence-electron chi connectivity index (χ2n) is 4.84. The van der Waals surface area contributed by atoms with Crippen molar-refractivity contribution < 1.29 is 4.21 Å². The fourth-order valence-corrected chi connectivity index (χ4v) is 3.88. The Hall–Kier alpha value is -0.380. The highest BCUT2D eigenvalue weighted by Crippen LogP contribution is 2.33. The molecule has 1 N–H and O–H groups in total. The molecule has 2 nitrogen and oxygen atoms in total. The molecule has 1 fully saturated rings. The molecule has 2 atom stereocenters. The second-order valence-corrected chi connectivity index (χ2v) is 6.71. The maximum Gasteiger partial charge on any atom is 0.0574 e. The molecule has 0 spiro atoms. The van der Waals surface area contributed by atoms with Crippen LogP contribution < -0.4 is 5.32 Å². The zero-order valence-corrected chi connectivity index (χ0v) is 12.3. The third-order valence-corrected chi connectivity index (χ3v) is 5.21. The van der Waals surface area contributed by atoms with E-state index in [0.29, 0.717) is 22.7 Å². The minimum atomic E-state index is -1.00. The number of nitrogens with one attached hydrogen (secondary N) is 1. The first kappa shape index (κ1) is 14.0. The average Bonchev–Trinajstić information content (AvgIpc) is 3.19. The number of halogens is 1. The van der Waals surface area contributed by atoms with Crippen molar-refractivity contribution >= 4 is 22.4 Å². The molecule has 0 saturated heterocycles. The van der Waals surface area contributed by atoms with Crippen LogP contribution in [0.3, 0.4) is 0 Å². The van der Waals surface area contributed by atoms with Gasteiger partial charge in [0.15, 0.2) is 0 Å². The predicted molar refractivity (Wildman–Crippen MR) is 77.5 cm³/mol. The highest BCUT2D eigenvalue weighted by atomic mass is 35.5. The fourth-order valence-electron chi connectivity index (χ4n) is 2.07. The lowest BCUT2D eigenvalue weighted by atomic mass is 10.2. The van der Waals surface area contributed by atoms with Gasteiger partial charge in [0.2, 0.25) is 0 Å². The molecule has 0 radical (unpaired) electrons. The molecule has 0 amide bonds. The molecule has 4 heteroatoms. The Morgan fingerprint density at radius 1 is 1.44 bits per heavy atom. The zero-order valence-electron chi connectivity index (χ0n) is 10.7. The van der Waals surface area contributed by atoms with Crippen LogP contribution in [-0.4, -0.2) is 22.5 Å². The first-order valence-electron chi connectivity index (χ1n) is 6.58. The van der Waals surface area contributed by atoms with Gasteiger partial charge in [0.25, 0.3) is 0 Å². The van der Waals surface area contributed by atoms with Crippen molar-refractivity contribution in [3.05, 3.63) is 29.3 Å². The van der Waals surface area contributed by atoms with Crippen molar-refractivity contribution in [3.8, 4) is 0 Å². The molecular weight excluding hydrogens is 266 g/mol. The van der Waals surface area contributed by atoms with Crippen LogP contribution in [0.4, 0.5) is 0 Å². The van der Waals surface area contributed by atoms with Gasteiger partial charge in [-0.25, -0.2) is 0 Å². The first-order valence-corrected chi connectivity index (χ1v) is 8.28. The molecule has 1 aliphatic carbocycles. The first-order chi connectivity index (χ1) is 8.72. The van der Waals surface area contributed by atoms with E-state index < -0.39 is 10.8 Å². The van der Waals surface area contributed by atoms with Crippen LogP contribution >= 0.6 is 11.6 Å². The molecule has 2 unspecified atom stereocenters. The zero-order chi connectivity index (χ0) is 13.0. The summed E-state index contributed by atoms with van der Waals surface area (Å²) in [5, 5.41) is 4.13. The smallest absolute Gasteiger partial charge is 0.0574 e. The van der Waals surface area contributed by atoms with E-state index in [1.807, 2.05) is 18.2 Å². The monoisotopic (exact) mass is 285 g/mol. The lowest BCUT2D eigenvalue weighted by molar-refractivity contribution is 0.498. The highest BCUT2D eigenvalue weighted by Gasteiger charge is 2.32. The van der Waals surface area contributed by atoms with E-state index in [1.54, 1.807) is 6.07 Å². The Morgan fingerprint density at radius 2 is 2.17 bits per heavy atom. The number of hydrogen-bond donors (Lipinski definition) is 1. The summed E-state index contributed by atoms with van der Waals surface area (Å²) >= 11 is 6.09. The summed E-state index contributed by atoms with van der Waals surface area (Å²) in [5.41, 5.74) is 0.